The first-order valence-corrected chi connectivity index (χ1v) is 11.6. The minimum absolute atomic E-state index is 0.482. The second-order valence-corrected chi connectivity index (χ2v) is 7.84. The Kier molecular flexibility index (Phi) is 9.43. The molecule has 0 bridgehead atoms. The molecule has 3 aromatic carbocycles. The molecule has 0 amide bonds. The second kappa shape index (κ2) is 12.7. The van der Waals surface area contributed by atoms with Gasteiger partial charge in [-0.2, -0.15) is 0 Å². The molecule has 0 saturated heterocycles. The van der Waals surface area contributed by atoms with Crippen LogP contribution in [0.5, 0.6) is 51.7 Å². The molecule has 38 heavy (non-hydrogen) atoms. The highest BCUT2D eigenvalue weighted by molar-refractivity contribution is 5.94. The molecule has 0 aromatic heterocycles. The summed E-state index contributed by atoms with van der Waals surface area (Å²) in [7, 11) is 14.1. The van der Waals surface area contributed by atoms with Crippen LogP contribution in [0.1, 0.15) is 16.7 Å². The molecular formula is C29H34O9. The third-order valence-corrected chi connectivity index (χ3v) is 5.95. The van der Waals surface area contributed by atoms with Crippen molar-refractivity contribution < 1.29 is 42.6 Å². The molecule has 0 N–H and O–H groups in total. The predicted molar refractivity (Wildman–Crippen MR) is 145 cm³/mol. The number of hydrogen-bond donors (Lipinski definition) is 0. The van der Waals surface area contributed by atoms with Crippen molar-refractivity contribution in [2.75, 3.05) is 64.0 Å². The largest absolute Gasteiger partial charge is 0.493 e. The van der Waals surface area contributed by atoms with E-state index in [0.29, 0.717) is 51.7 Å². The fourth-order valence-electron chi connectivity index (χ4n) is 4.16. The maximum absolute atomic E-state index is 5.63. The van der Waals surface area contributed by atoms with Gasteiger partial charge < -0.3 is 42.6 Å². The van der Waals surface area contributed by atoms with Gasteiger partial charge >= 0.3 is 0 Å². The minimum Gasteiger partial charge on any atom is -0.493 e. The average molecular weight is 527 g/mol. The Bertz CT molecular complexity index is 1160. The SMILES string of the molecule is COc1cc(C=C(c2cc(OC)c(OC)c(OC)c2)c2cc(OC)c(OC)c(OC)c2)cc(OC)c1OC. The quantitative estimate of drug-likeness (QED) is 0.290. The summed E-state index contributed by atoms with van der Waals surface area (Å²) in [5.74, 6) is 4.52. The van der Waals surface area contributed by atoms with Gasteiger partial charge in [0.05, 0.1) is 64.0 Å². The lowest BCUT2D eigenvalue weighted by Gasteiger charge is -2.19. The average Bonchev–Trinajstić information content (AvgIpc) is 2.97. The summed E-state index contributed by atoms with van der Waals surface area (Å²) in [4.78, 5) is 0. The minimum atomic E-state index is 0.482. The molecule has 0 radical (unpaired) electrons. The third-order valence-electron chi connectivity index (χ3n) is 5.95. The van der Waals surface area contributed by atoms with Crippen LogP contribution in [-0.2, 0) is 0 Å². The van der Waals surface area contributed by atoms with Crippen LogP contribution in [-0.4, -0.2) is 64.0 Å². The molecule has 0 aliphatic heterocycles. The van der Waals surface area contributed by atoms with E-state index < -0.39 is 0 Å². The van der Waals surface area contributed by atoms with E-state index in [1.807, 2.05) is 42.5 Å². The van der Waals surface area contributed by atoms with Crippen LogP contribution in [0, 0.1) is 0 Å². The lowest BCUT2D eigenvalue weighted by Crippen LogP contribution is -2.00. The number of methoxy groups -OCH3 is 9. The normalized spacial score (nSPS) is 10.2. The van der Waals surface area contributed by atoms with Gasteiger partial charge in [-0.1, -0.05) is 0 Å². The van der Waals surface area contributed by atoms with Crippen LogP contribution in [0.2, 0.25) is 0 Å². The van der Waals surface area contributed by atoms with Crippen molar-refractivity contribution in [1.29, 1.82) is 0 Å². The zero-order valence-corrected chi connectivity index (χ0v) is 23.2. The van der Waals surface area contributed by atoms with Gasteiger partial charge in [-0.25, -0.2) is 0 Å². The molecule has 0 unspecified atom stereocenters. The van der Waals surface area contributed by atoms with Crippen molar-refractivity contribution in [3.05, 3.63) is 53.1 Å². The van der Waals surface area contributed by atoms with E-state index >= 15 is 0 Å². The van der Waals surface area contributed by atoms with Gasteiger partial charge in [0.2, 0.25) is 17.2 Å². The summed E-state index contributed by atoms with van der Waals surface area (Å²) in [5, 5.41) is 0. The molecule has 0 aliphatic rings. The molecule has 0 fully saturated rings. The van der Waals surface area contributed by atoms with E-state index in [-0.39, 0.29) is 0 Å². The first-order valence-electron chi connectivity index (χ1n) is 11.6. The highest BCUT2D eigenvalue weighted by Gasteiger charge is 2.21. The molecular weight excluding hydrogens is 492 g/mol. The van der Waals surface area contributed by atoms with E-state index in [4.69, 9.17) is 42.6 Å². The van der Waals surface area contributed by atoms with Gasteiger partial charge in [0.1, 0.15) is 0 Å². The smallest absolute Gasteiger partial charge is 0.203 e. The lowest BCUT2D eigenvalue weighted by molar-refractivity contribution is 0.324. The maximum Gasteiger partial charge on any atom is 0.203 e. The van der Waals surface area contributed by atoms with Crippen molar-refractivity contribution in [3.8, 4) is 51.7 Å². The van der Waals surface area contributed by atoms with Gasteiger partial charge in [0.15, 0.2) is 34.5 Å². The highest BCUT2D eigenvalue weighted by atomic mass is 16.5. The fourth-order valence-corrected chi connectivity index (χ4v) is 4.16. The number of hydrogen-bond acceptors (Lipinski definition) is 9. The predicted octanol–water partition coefficient (Wildman–Crippen LogP) is 5.35. The van der Waals surface area contributed by atoms with Crippen molar-refractivity contribution in [3.63, 3.8) is 0 Å². The zero-order valence-electron chi connectivity index (χ0n) is 23.2. The van der Waals surface area contributed by atoms with Gasteiger partial charge in [-0.05, 0) is 64.7 Å². The van der Waals surface area contributed by atoms with Crippen LogP contribution < -0.4 is 42.6 Å². The van der Waals surface area contributed by atoms with Crippen molar-refractivity contribution >= 4 is 11.6 Å². The summed E-state index contributed by atoms with van der Waals surface area (Å²) in [6.07, 6.45) is 1.98. The van der Waals surface area contributed by atoms with Crippen LogP contribution >= 0.6 is 0 Å². The molecule has 9 nitrogen and oxygen atoms in total. The van der Waals surface area contributed by atoms with Crippen LogP contribution in [0.25, 0.3) is 11.6 Å². The van der Waals surface area contributed by atoms with E-state index in [1.165, 1.54) is 0 Å². The first-order chi connectivity index (χ1) is 18.4. The summed E-state index contributed by atoms with van der Waals surface area (Å²) < 4.78 is 50.2. The molecule has 0 aliphatic carbocycles. The van der Waals surface area contributed by atoms with Crippen molar-refractivity contribution in [2.45, 2.75) is 0 Å². The molecule has 0 heterocycles. The second-order valence-electron chi connectivity index (χ2n) is 7.84. The van der Waals surface area contributed by atoms with E-state index in [0.717, 1.165) is 22.3 Å². The number of benzene rings is 3. The van der Waals surface area contributed by atoms with Gasteiger partial charge in [-0.3, -0.25) is 0 Å². The van der Waals surface area contributed by atoms with Crippen LogP contribution in [0.15, 0.2) is 36.4 Å². The maximum atomic E-state index is 5.63. The highest BCUT2D eigenvalue weighted by Crippen LogP contribution is 2.46. The molecule has 0 spiro atoms. The summed E-state index contributed by atoms with van der Waals surface area (Å²) >= 11 is 0. The Morgan fingerprint density at radius 3 is 0.895 bits per heavy atom. The van der Waals surface area contributed by atoms with Gasteiger partial charge in [0, 0.05) is 0 Å². The van der Waals surface area contributed by atoms with Gasteiger partial charge in [0.25, 0.3) is 0 Å². The zero-order chi connectivity index (χ0) is 27.8. The third kappa shape index (κ3) is 5.46. The first kappa shape index (κ1) is 28.2. The fraction of sp³-hybridized carbons (Fsp3) is 0.310. The van der Waals surface area contributed by atoms with Crippen LogP contribution in [0.3, 0.4) is 0 Å². The molecule has 0 saturated carbocycles. The monoisotopic (exact) mass is 526 g/mol. The van der Waals surface area contributed by atoms with E-state index in [9.17, 15) is 0 Å². The molecule has 9 heteroatoms. The Morgan fingerprint density at radius 1 is 0.395 bits per heavy atom. The Balaban J connectivity index is 2.41. The van der Waals surface area contributed by atoms with E-state index in [2.05, 4.69) is 0 Å². The van der Waals surface area contributed by atoms with Crippen molar-refractivity contribution in [2.24, 2.45) is 0 Å². The molecule has 3 aromatic rings. The van der Waals surface area contributed by atoms with E-state index in [1.54, 1.807) is 64.0 Å². The van der Waals surface area contributed by atoms with Gasteiger partial charge in [-0.15, -0.1) is 0 Å². The number of rotatable bonds is 12. The standard InChI is InChI=1S/C29H34O9/c1-30-21-11-17(12-22(31-2)27(21)36-7)10-20(18-13-23(32-3)28(37-8)24(14-18)33-4)19-15-25(34-5)29(38-9)26(16-19)35-6/h10-16H,1-9H3. The van der Waals surface area contributed by atoms with Crippen LogP contribution in [0.4, 0.5) is 0 Å². The summed E-state index contributed by atoms with van der Waals surface area (Å²) in [5.41, 5.74) is 3.14. The Morgan fingerprint density at radius 2 is 0.658 bits per heavy atom. The molecule has 0 atom stereocenters. The summed E-state index contributed by atoms with van der Waals surface area (Å²) in [6.45, 7) is 0. The summed E-state index contributed by atoms with van der Waals surface area (Å²) in [6, 6.07) is 11.2. The number of ether oxygens (including phenoxy) is 9. The lowest BCUT2D eigenvalue weighted by atomic mass is 9.94. The van der Waals surface area contributed by atoms with Crippen molar-refractivity contribution in [1.82, 2.24) is 0 Å². The topological polar surface area (TPSA) is 83.1 Å². The molecule has 3 rings (SSSR count). The Hall–Kier alpha value is -4.40. The molecule has 204 valence electrons. The Labute approximate surface area is 223 Å².